The minimum absolute atomic E-state index is 0.326. The lowest BCUT2D eigenvalue weighted by atomic mass is 10.0. The minimum atomic E-state index is -0.758. The van der Waals surface area contributed by atoms with Crippen LogP contribution in [-0.2, 0) is 11.2 Å². The molecule has 0 aliphatic rings. The van der Waals surface area contributed by atoms with E-state index in [2.05, 4.69) is 4.98 Å². The molecular formula is C9H11NO2. The predicted molar refractivity (Wildman–Crippen MR) is 44.7 cm³/mol. The third-order valence-corrected chi connectivity index (χ3v) is 1.71. The molecule has 0 radical (unpaired) electrons. The van der Waals surface area contributed by atoms with Crippen molar-refractivity contribution >= 4 is 5.97 Å². The molecule has 1 unspecified atom stereocenters. The summed E-state index contributed by atoms with van der Waals surface area (Å²) in [6, 6.07) is 3.67. The number of hydrogen-bond donors (Lipinski definition) is 1. The van der Waals surface area contributed by atoms with Crippen molar-refractivity contribution in [1.82, 2.24) is 4.98 Å². The van der Waals surface area contributed by atoms with Crippen LogP contribution in [0.3, 0.4) is 0 Å². The largest absolute Gasteiger partial charge is 0.481 e. The van der Waals surface area contributed by atoms with Crippen molar-refractivity contribution in [3.63, 3.8) is 0 Å². The molecule has 1 aromatic rings. The highest BCUT2D eigenvalue weighted by Crippen LogP contribution is 2.06. The van der Waals surface area contributed by atoms with E-state index in [1.807, 2.05) is 12.1 Å². The van der Waals surface area contributed by atoms with Crippen LogP contribution in [-0.4, -0.2) is 16.1 Å². The Morgan fingerprint density at radius 1 is 1.58 bits per heavy atom. The smallest absolute Gasteiger partial charge is 0.306 e. The van der Waals surface area contributed by atoms with E-state index in [0.29, 0.717) is 6.42 Å². The van der Waals surface area contributed by atoms with Crippen LogP contribution in [0.4, 0.5) is 0 Å². The van der Waals surface area contributed by atoms with Gasteiger partial charge in [0.2, 0.25) is 0 Å². The number of carboxylic acids is 1. The lowest BCUT2D eigenvalue weighted by Gasteiger charge is -2.04. The zero-order chi connectivity index (χ0) is 8.97. The summed E-state index contributed by atoms with van der Waals surface area (Å²) >= 11 is 0. The molecule has 1 atom stereocenters. The Bertz CT molecular complexity index is 258. The van der Waals surface area contributed by atoms with E-state index in [0.717, 1.165) is 5.56 Å². The number of pyridine rings is 1. The van der Waals surface area contributed by atoms with Crippen LogP contribution >= 0.6 is 0 Å². The minimum Gasteiger partial charge on any atom is -0.481 e. The lowest BCUT2D eigenvalue weighted by molar-refractivity contribution is -0.141. The lowest BCUT2D eigenvalue weighted by Crippen LogP contribution is -2.12. The van der Waals surface area contributed by atoms with Crippen LogP contribution in [0.15, 0.2) is 24.5 Å². The Balaban J connectivity index is 2.58. The van der Waals surface area contributed by atoms with Gasteiger partial charge in [0.1, 0.15) is 0 Å². The average Bonchev–Trinajstić information content (AvgIpc) is 2.06. The van der Waals surface area contributed by atoms with E-state index >= 15 is 0 Å². The summed E-state index contributed by atoms with van der Waals surface area (Å²) in [5.41, 5.74) is 1.01. The average molecular weight is 165 g/mol. The quantitative estimate of drug-likeness (QED) is 0.735. The maximum absolute atomic E-state index is 10.5. The summed E-state index contributed by atoms with van der Waals surface area (Å²) in [6.07, 6.45) is 3.91. The highest BCUT2D eigenvalue weighted by molar-refractivity contribution is 5.69. The van der Waals surface area contributed by atoms with Gasteiger partial charge in [0.15, 0.2) is 0 Å². The number of carbonyl (C=O) groups is 1. The van der Waals surface area contributed by atoms with Gasteiger partial charge < -0.3 is 5.11 Å². The van der Waals surface area contributed by atoms with Crippen LogP contribution < -0.4 is 0 Å². The second kappa shape index (κ2) is 3.85. The Kier molecular flexibility index (Phi) is 2.80. The zero-order valence-corrected chi connectivity index (χ0v) is 6.90. The van der Waals surface area contributed by atoms with E-state index in [4.69, 9.17) is 5.11 Å². The van der Waals surface area contributed by atoms with Gasteiger partial charge in [-0.15, -0.1) is 0 Å². The molecule has 0 aromatic carbocycles. The Morgan fingerprint density at radius 2 is 2.17 bits per heavy atom. The van der Waals surface area contributed by atoms with Crippen molar-refractivity contribution < 1.29 is 9.90 Å². The van der Waals surface area contributed by atoms with Gasteiger partial charge in [-0.2, -0.15) is 0 Å². The molecule has 1 rings (SSSR count). The third-order valence-electron chi connectivity index (χ3n) is 1.71. The predicted octanol–water partition coefficient (Wildman–Crippen LogP) is 1.34. The van der Waals surface area contributed by atoms with E-state index in [-0.39, 0.29) is 5.92 Å². The zero-order valence-electron chi connectivity index (χ0n) is 6.90. The fraction of sp³-hybridized carbons (Fsp3) is 0.333. The van der Waals surface area contributed by atoms with Crippen molar-refractivity contribution in [3.05, 3.63) is 30.1 Å². The highest BCUT2D eigenvalue weighted by atomic mass is 16.4. The maximum Gasteiger partial charge on any atom is 0.306 e. The Hall–Kier alpha value is -1.38. The molecule has 12 heavy (non-hydrogen) atoms. The number of nitrogens with zero attached hydrogens (tertiary/aromatic N) is 1. The number of rotatable bonds is 3. The van der Waals surface area contributed by atoms with Gasteiger partial charge in [-0.25, -0.2) is 0 Å². The molecule has 0 aliphatic heterocycles. The van der Waals surface area contributed by atoms with E-state index < -0.39 is 5.97 Å². The third kappa shape index (κ3) is 2.34. The SMILES string of the molecule is CC(Cc1ccncc1)C(=O)O. The van der Waals surface area contributed by atoms with Crippen molar-refractivity contribution in [3.8, 4) is 0 Å². The van der Waals surface area contributed by atoms with Gasteiger partial charge in [-0.1, -0.05) is 6.92 Å². The molecule has 64 valence electrons. The van der Waals surface area contributed by atoms with Gasteiger partial charge in [0.25, 0.3) is 0 Å². The molecule has 0 spiro atoms. The first-order valence-electron chi connectivity index (χ1n) is 3.82. The van der Waals surface area contributed by atoms with E-state index in [1.165, 1.54) is 0 Å². The molecule has 0 saturated heterocycles. The fourth-order valence-corrected chi connectivity index (χ4v) is 0.960. The normalized spacial score (nSPS) is 12.4. The molecule has 0 aliphatic carbocycles. The fourth-order valence-electron chi connectivity index (χ4n) is 0.960. The number of aliphatic carboxylic acids is 1. The first-order chi connectivity index (χ1) is 5.70. The van der Waals surface area contributed by atoms with Crippen LogP contribution in [0.2, 0.25) is 0 Å². The molecule has 3 heteroatoms. The molecule has 0 bridgehead atoms. The summed E-state index contributed by atoms with van der Waals surface area (Å²) in [4.78, 5) is 14.3. The molecule has 1 heterocycles. The van der Waals surface area contributed by atoms with Crippen molar-refractivity contribution in [2.75, 3.05) is 0 Å². The second-order valence-electron chi connectivity index (χ2n) is 2.80. The molecule has 1 N–H and O–H groups in total. The van der Waals surface area contributed by atoms with Gasteiger partial charge in [0.05, 0.1) is 5.92 Å². The summed E-state index contributed by atoms with van der Waals surface area (Å²) in [5, 5.41) is 8.63. The van der Waals surface area contributed by atoms with Crippen molar-refractivity contribution in [2.45, 2.75) is 13.3 Å². The second-order valence-corrected chi connectivity index (χ2v) is 2.80. The Morgan fingerprint density at radius 3 is 2.67 bits per heavy atom. The van der Waals surface area contributed by atoms with Crippen LogP contribution in [0.25, 0.3) is 0 Å². The first kappa shape index (κ1) is 8.71. The summed E-state index contributed by atoms with van der Waals surface area (Å²) in [5.74, 6) is -1.08. The van der Waals surface area contributed by atoms with Gasteiger partial charge in [-0.05, 0) is 24.1 Å². The number of hydrogen-bond acceptors (Lipinski definition) is 2. The monoisotopic (exact) mass is 165 g/mol. The molecule has 1 aromatic heterocycles. The summed E-state index contributed by atoms with van der Waals surface area (Å²) in [7, 11) is 0. The summed E-state index contributed by atoms with van der Waals surface area (Å²) < 4.78 is 0. The van der Waals surface area contributed by atoms with Crippen LogP contribution in [0.5, 0.6) is 0 Å². The van der Waals surface area contributed by atoms with E-state index in [1.54, 1.807) is 19.3 Å². The topological polar surface area (TPSA) is 50.2 Å². The van der Waals surface area contributed by atoms with Gasteiger partial charge >= 0.3 is 5.97 Å². The van der Waals surface area contributed by atoms with Crippen molar-refractivity contribution in [1.29, 1.82) is 0 Å². The van der Waals surface area contributed by atoms with Crippen LogP contribution in [0, 0.1) is 5.92 Å². The highest BCUT2D eigenvalue weighted by Gasteiger charge is 2.10. The van der Waals surface area contributed by atoms with E-state index in [9.17, 15) is 4.79 Å². The molecule has 0 amide bonds. The Labute approximate surface area is 71.1 Å². The first-order valence-corrected chi connectivity index (χ1v) is 3.82. The van der Waals surface area contributed by atoms with Gasteiger partial charge in [0, 0.05) is 12.4 Å². The van der Waals surface area contributed by atoms with Crippen LogP contribution in [0.1, 0.15) is 12.5 Å². The van der Waals surface area contributed by atoms with Gasteiger partial charge in [-0.3, -0.25) is 9.78 Å². The summed E-state index contributed by atoms with van der Waals surface area (Å²) in [6.45, 7) is 1.70. The maximum atomic E-state index is 10.5. The van der Waals surface area contributed by atoms with Crippen molar-refractivity contribution in [2.24, 2.45) is 5.92 Å². The molecule has 0 fully saturated rings. The molecule has 3 nitrogen and oxygen atoms in total. The molecule has 0 saturated carbocycles. The number of aromatic nitrogens is 1. The molecular weight excluding hydrogens is 154 g/mol. The standard InChI is InChI=1S/C9H11NO2/c1-7(9(11)12)6-8-2-4-10-5-3-8/h2-5,7H,6H2,1H3,(H,11,12). The number of carboxylic acid groups (broad SMARTS) is 1.